The zero-order valence-corrected chi connectivity index (χ0v) is 31.6. The highest BCUT2D eigenvalue weighted by Gasteiger charge is 2.46. The van der Waals surface area contributed by atoms with Crippen LogP contribution >= 0.6 is 23.2 Å². The number of amides is 2. The van der Waals surface area contributed by atoms with Gasteiger partial charge in [0, 0.05) is 43.0 Å². The van der Waals surface area contributed by atoms with Crippen LogP contribution in [0.5, 0.6) is 17.2 Å². The molecular formula is C38H45Cl2N5O8. The number of piperidine rings is 1. The van der Waals surface area contributed by atoms with Gasteiger partial charge in [0.1, 0.15) is 0 Å². The summed E-state index contributed by atoms with van der Waals surface area (Å²) in [5.74, 6) is -0.167. The first-order valence-electron chi connectivity index (χ1n) is 17.6. The lowest BCUT2D eigenvalue weighted by Gasteiger charge is -2.43. The van der Waals surface area contributed by atoms with Crippen molar-refractivity contribution in [1.29, 1.82) is 0 Å². The summed E-state index contributed by atoms with van der Waals surface area (Å²) in [7, 11) is 4.56. The molecule has 2 aromatic carbocycles. The van der Waals surface area contributed by atoms with Gasteiger partial charge < -0.3 is 33.9 Å². The minimum atomic E-state index is -1.06. The molecule has 3 aromatic rings. The maximum Gasteiger partial charge on any atom is 0.334 e. The molecule has 3 saturated heterocycles. The third kappa shape index (κ3) is 8.04. The number of hydrazine groups is 1. The van der Waals surface area contributed by atoms with Gasteiger partial charge in [-0.05, 0) is 86.8 Å². The van der Waals surface area contributed by atoms with Crippen LogP contribution in [0.1, 0.15) is 47.2 Å². The largest absolute Gasteiger partial charge is 0.493 e. The van der Waals surface area contributed by atoms with Crippen LogP contribution in [0, 0.1) is 0 Å². The highest BCUT2D eigenvalue weighted by atomic mass is 35.5. The number of carboxylic acids is 1. The number of morpholine rings is 1. The minimum absolute atomic E-state index is 0.0617. The Morgan fingerprint density at radius 3 is 2.30 bits per heavy atom. The maximum absolute atomic E-state index is 14.1. The van der Waals surface area contributed by atoms with Gasteiger partial charge in [-0.3, -0.25) is 20.0 Å². The topological polar surface area (TPSA) is 143 Å². The molecule has 6 rings (SSSR count). The zero-order valence-electron chi connectivity index (χ0n) is 30.1. The Morgan fingerprint density at radius 2 is 1.68 bits per heavy atom. The Labute approximate surface area is 319 Å². The summed E-state index contributed by atoms with van der Waals surface area (Å²) in [5, 5.41) is 12.0. The van der Waals surface area contributed by atoms with Crippen LogP contribution in [0.2, 0.25) is 10.0 Å². The average molecular weight is 771 g/mol. The molecule has 0 radical (unpaired) electrons. The second kappa shape index (κ2) is 16.5. The van der Waals surface area contributed by atoms with Crippen LogP contribution in [-0.4, -0.2) is 123 Å². The number of methoxy groups -OCH3 is 3. The predicted octanol–water partition coefficient (Wildman–Crippen LogP) is 4.44. The van der Waals surface area contributed by atoms with E-state index in [9.17, 15) is 19.5 Å². The Morgan fingerprint density at radius 1 is 0.943 bits per heavy atom. The molecule has 3 fully saturated rings. The number of aromatic nitrogens is 1. The van der Waals surface area contributed by atoms with E-state index in [1.165, 1.54) is 21.3 Å². The van der Waals surface area contributed by atoms with E-state index >= 15 is 0 Å². The molecule has 2 amide bonds. The molecule has 2 unspecified atom stereocenters. The standard InChI is InChI=1S/C38H45Cl2N5O8/c1-50-30-19-25(20-31(51-2)33(30)52-3)34(46)44-16-9-37(24-44,26-6-7-28(39)29(40)21-26)8-13-43-14-10-38(11-15-43,27-5-4-12-41-22-27)36(49)42-45-17-18-53-32(23-45)35(47)48/h4-7,12,19-22,32H,8-11,13-18,23-24H2,1-3H3,(H,42,49)(H,47,48). The summed E-state index contributed by atoms with van der Waals surface area (Å²) < 4.78 is 21.8. The summed E-state index contributed by atoms with van der Waals surface area (Å²) in [6, 6.07) is 12.8. The first-order chi connectivity index (χ1) is 25.5. The van der Waals surface area contributed by atoms with E-state index in [-0.39, 0.29) is 25.0 Å². The molecule has 4 heterocycles. The maximum atomic E-state index is 14.1. The first-order valence-corrected chi connectivity index (χ1v) is 18.4. The predicted molar refractivity (Wildman–Crippen MR) is 198 cm³/mol. The number of halogens is 2. The number of carbonyl (C=O) groups is 3. The lowest BCUT2D eigenvalue weighted by atomic mass is 9.72. The van der Waals surface area contributed by atoms with E-state index in [0.29, 0.717) is 84.8 Å². The number of aliphatic carboxylic acids is 1. The molecule has 0 bridgehead atoms. The van der Waals surface area contributed by atoms with Gasteiger partial charge in [-0.1, -0.05) is 35.3 Å². The van der Waals surface area contributed by atoms with Crippen LogP contribution in [0.25, 0.3) is 0 Å². The van der Waals surface area contributed by atoms with Gasteiger partial charge >= 0.3 is 5.97 Å². The number of likely N-dealkylation sites (tertiary alicyclic amines) is 2. The summed E-state index contributed by atoms with van der Waals surface area (Å²) in [5.41, 5.74) is 4.03. The number of ether oxygens (including phenoxy) is 4. The number of carbonyl (C=O) groups excluding carboxylic acids is 2. The lowest BCUT2D eigenvalue weighted by Crippen LogP contribution is -2.59. The number of nitrogens with zero attached hydrogens (tertiary/aromatic N) is 4. The molecule has 13 nitrogen and oxygen atoms in total. The van der Waals surface area contributed by atoms with E-state index in [1.807, 2.05) is 29.2 Å². The molecule has 1 aromatic heterocycles. The molecule has 284 valence electrons. The smallest absolute Gasteiger partial charge is 0.334 e. The van der Waals surface area contributed by atoms with E-state index < -0.39 is 22.9 Å². The van der Waals surface area contributed by atoms with E-state index in [2.05, 4.69) is 15.3 Å². The van der Waals surface area contributed by atoms with Crippen molar-refractivity contribution in [3.05, 3.63) is 81.6 Å². The van der Waals surface area contributed by atoms with Gasteiger partial charge in [0.15, 0.2) is 17.6 Å². The fourth-order valence-electron chi connectivity index (χ4n) is 7.82. The summed E-state index contributed by atoms with van der Waals surface area (Å²) in [6.45, 7) is 3.67. The van der Waals surface area contributed by atoms with Crippen molar-refractivity contribution < 1.29 is 38.4 Å². The van der Waals surface area contributed by atoms with Crippen molar-refractivity contribution in [3.63, 3.8) is 0 Å². The van der Waals surface area contributed by atoms with Crippen molar-refractivity contribution in [2.45, 2.75) is 42.6 Å². The first kappa shape index (κ1) is 38.6. The third-order valence-corrected chi connectivity index (χ3v) is 11.7. The molecule has 53 heavy (non-hydrogen) atoms. The van der Waals surface area contributed by atoms with Gasteiger partial charge in [-0.2, -0.15) is 0 Å². The van der Waals surface area contributed by atoms with Crippen molar-refractivity contribution in [1.82, 2.24) is 25.2 Å². The van der Waals surface area contributed by atoms with Gasteiger partial charge in [-0.25, -0.2) is 9.80 Å². The normalized spacial score (nSPS) is 21.9. The van der Waals surface area contributed by atoms with E-state index in [0.717, 1.165) is 24.1 Å². The van der Waals surface area contributed by atoms with Crippen molar-refractivity contribution >= 4 is 41.0 Å². The van der Waals surface area contributed by atoms with Crippen molar-refractivity contribution in [3.8, 4) is 17.2 Å². The molecule has 3 aliphatic heterocycles. The summed E-state index contributed by atoms with van der Waals surface area (Å²) in [6.07, 6.45) is 4.96. The average Bonchev–Trinajstić information content (AvgIpc) is 3.63. The van der Waals surface area contributed by atoms with E-state index in [4.69, 9.17) is 42.1 Å². The van der Waals surface area contributed by atoms with Crippen LogP contribution in [0.15, 0.2) is 54.9 Å². The van der Waals surface area contributed by atoms with Gasteiger partial charge in [0.05, 0.1) is 49.9 Å². The molecule has 3 aliphatic rings. The molecule has 2 N–H and O–H groups in total. The SMILES string of the molecule is COc1cc(C(=O)N2CCC(CCN3CCC(C(=O)NN4CCOC(C(=O)O)C4)(c4cccnc4)CC3)(c3ccc(Cl)c(Cl)c3)C2)cc(OC)c1OC. The Kier molecular flexibility index (Phi) is 12.0. The Bertz CT molecular complexity index is 1780. The van der Waals surface area contributed by atoms with Crippen LogP contribution in [-0.2, 0) is 25.2 Å². The quantitative estimate of drug-likeness (QED) is 0.270. The number of nitrogens with one attached hydrogen (secondary N) is 1. The third-order valence-electron chi connectivity index (χ3n) is 11.0. The molecule has 15 heteroatoms. The molecule has 0 spiro atoms. The van der Waals surface area contributed by atoms with Crippen molar-refractivity contribution in [2.24, 2.45) is 0 Å². The number of hydrogen-bond donors (Lipinski definition) is 2. The van der Waals surface area contributed by atoms with Crippen LogP contribution < -0.4 is 19.6 Å². The summed E-state index contributed by atoms with van der Waals surface area (Å²) >= 11 is 12.9. The van der Waals surface area contributed by atoms with Crippen LogP contribution in [0.4, 0.5) is 0 Å². The summed E-state index contributed by atoms with van der Waals surface area (Å²) in [4.78, 5) is 48.2. The highest BCUT2D eigenvalue weighted by Crippen LogP contribution is 2.43. The van der Waals surface area contributed by atoms with Crippen LogP contribution in [0.3, 0.4) is 0 Å². The number of benzene rings is 2. The van der Waals surface area contributed by atoms with Gasteiger partial charge in [-0.15, -0.1) is 0 Å². The minimum Gasteiger partial charge on any atom is -0.493 e. The second-order valence-electron chi connectivity index (χ2n) is 13.8. The molecule has 2 atom stereocenters. The van der Waals surface area contributed by atoms with E-state index in [1.54, 1.807) is 35.6 Å². The fourth-order valence-corrected chi connectivity index (χ4v) is 8.12. The number of rotatable bonds is 12. The highest BCUT2D eigenvalue weighted by molar-refractivity contribution is 6.42. The lowest BCUT2D eigenvalue weighted by molar-refractivity contribution is -0.160. The Balaban J connectivity index is 1.19. The second-order valence-corrected chi connectivity index (χ2v) is 14.6. The molecule has 0 saturated carbocycles. The van der Waals surface area contributed by atoms with Crippen molar-refractivity contribution in [2.75, 3.05) is 73.7 Å². The number of pyridine rings is 1. The number of hydrogen-bond acceptors (Lipinski definition) is 10. The molecule has 0 aliphatic carbocycles. The Hall–Kier alpha value is -4.14. The van der Waals surface area contributed by atoms with Gasteiger partial charge in [0.25, 0.3) is 5.91 Å². The zero-order chi connectivity index (χ0) is 37.8. The molecular weight excluding hydrogens is 725 g/mol. The fraction of sp³-hybridized carbons (Fsp3) is 0.474. The monoisotopic (exact) mass is 769 g/mol. The van der Waals surface area contributed by atoms with Gasteiger partial charge in [0.2, 0.25) is 11.7 Å². The number of carboxylic acid groups (broad SMARTS) is 1.